The lowest BCUT2D eigenvalue weighted by Gasteiger charge is -2.39. The molecule has 1 heterocycles. The number of amides is 2. The normalized spacial score (nSPS) is 18.8. The number of nitrogens with one attached hydrogen (secondary N) is 2. The van der Waals surface area contributed by atoms with Gasteiger partial charge in [0.05, 0.1) is 46.3 Å². The molecule has 28 heavy (non-hydrogen) atoms. The van der Waals surface area contributed by atoms with Crippen molar-refractivity contribution < 1.29 is 19.2 Å². The van der Waals surface area contributed by atoms with Gasteiger partial charge >= 0.3 is 0 Å². The largest absolute Gasteiger partial charge is 0.497 e. The highest BCUT2D eigenvalue weighted by Crippen LogP contribution is 2.42. The summed E-state index contributed by atoms with van der Waals surface area (Å²) in [5.74, 6) is 0.139. The number of benzene rings is 2. The van der Waals surface area contributed by atoms with Crippen LogP contribution in [0.2, 0.25) is 0 Å². The molecule has 0 aromatic heterocycles. The molecule has 2 aromatic rings. The maximum Gasteiger partial charge on any atom is 0.254 e. The first kappa shape index (κ1) is 19.9. The van der Waals surface area contributed by atoms with Gasteiger partial charge in [-0.05, 0) is 29.3 Å². The van der Waals surface area contributed by atoms with Crippen molar-refractivity contribution in [3.8, 4) is 5.75 Å². The number of carbonyl (C=O) groups is 2. The molecule has 2 atom stereocenters. The lowest BCUT2D eigenvalue weighted by atomic mass is 9.79. The molecule has 2 amide bonds. The van der Waals surface area contributed by atoms with Gasteiger partial charge in [-0.15, -0.1) is 0 Å². The van der Waals surface area contributed by atoms with Crippen molar-refractivity contribution in [3.05, 3.63) is 65.2 Å². The third kappa shape index (κ3) is 3.87. The average molecular weight is 382 g/mol. The zero-order valence-electron chi connectivity index (χ0n) is 16.9. The number of methoxy groups -OCH3 is 1. The Morgan fingerprint density at radius 2 is 1.82 bits per heavy atom. The minimum Gasteiger partial charge on any atom is -0.497 e. The third-order valence-corrected chi connectivity index (χ3v) is 5.24. The van der Waals surface area contributed by atoms with Crippen molar-refractivity contribution in [2.24, 2.45) is 0 Å². The van der Waals surface area contributed by atoms with Crippen molar-refractivity contribution in [1.29, 1.82) is 0 Å². The van der Waals surface area contributed by atoms with Gasteiger partial charge < -0.3 is 19.9 Å². The second-order valence-corrected chi connectivity index (χ2v) is 7.45. The van der Waals surface area contributed by atoms with Crippen molar-refractivity contribution in [2.45, 2.75) is 12.0 Å². The van der Waals surface area contributed by atoms with Gasteiger partial charge in [0.2, 0.25) is 5.91 Å². The fourth-order valence-corrected chi connectivity index (χ4v) is 3.72. The standard InChI is InChI=1S/C22H27N3O3/c1-24(2)14-13-23-21(26)19-17-7-5-6-8-18(17)22(27)25(3)20(19)15-9-11-16(28-4)12-10-15/h5-12,19-20H,13-14H2,1-4H3,(H,23,26)/p+1. The minimum atomic E-state index is -0.468. The van der Waals surface area contributed by atoms with Crippen LogP contribution >= 0.6 is 0 Å². The number of hydrogen-bond acceptors (Lipinski definition) is 3. The zero-order chi connectivity index (χ0) is 20.3. The molecular weight excluding hydrogens is 354 g/mol. The fraction of sp³-hybridized carbons (Fsp3) is 0.364. The van der Waals surface area contributed by atoms with Crippen LogP contribution in [0.15, 0.2) is 48.5 Å². The molecule has 2 unspecified atom stereocenters. The van der Waals surface area contributed by atoms with E-state index in [9.17, 15) is 9.59 Å². The minimum absolute atomic E-state index is 0.0612. The molecule has 3 rings (SSSR count). The summed E-state index contributed by atoms with van der Waals surface area (Å²) in [6.45, 7) is 1.43. The maximum atomic E-state index is 13.2. The Hall–Kier alpha value is -2.86. The lowest BCUT2D eigenvalue weighted by molar-refractivity contribution is -0.856. The summed E-state index contributed by atoms with van der Waals surface area (Å²) in [7, 11) is 7.48. The van der Waals surface area contributed by atoms with Crippen LogP contribution < -0.4 is 15.0 Å². The SMILES string of the molecule is COc1ccc(C2C(C(=O)NCC[NH+](C)C)c3ccccc3C(=O)N2C)cc1. The van der Waals surface area contributed by atoms with Gasteiger partial charge in [-0.3, -0.25) is 9.59 Å². The van der Waals surface area contributed by atoms with Gasteiger partial charge in [0, 0.05) is 12.6 Å². The van der Waals surface area contributed by atoms with Crippen LogP contribution in [0.3, 0.4) is 0 Å². The van der Waals surface area contributed by atoms with Gasteiger partial charge in [-0.1, -0.05) is 30.3 Å². The molecule has 0 aliphatic carbocycles. The number of rotatable bonds is 6. The van der Waals surface area contributed by atoms with Gasteiger partial charge in [0.15, 0.2) is 0 Å². The Balaban J connectivity index is 2.01. The number of likely N-dealkylation sites (N-methyl/N-ethyl adjacent to an activating group) is 2. The summed E-state index contributed by atoms with van der Waals surface area (Å²) < 4.78 is 5.25. The van der Waals surface area contributed by atoms with Crippen molar-refractivity contribution in [2.75, 3.05) is 41.3 Å². The number of ether oxygens (including phenoxy) is 1. The van der Waals surface area contributed by atoms with Gasteiger partial charge in [0.1, 0.15) is 5.75 Å². The summed E-state index contributed by atoms with van der Waals surface area (Å²) in [4.78, 5) is 29.1. The van der Waals surface area contributed by atoms with E-state index in [1.807, 2.05) is 42.5 Å². The van der Waals surface area contributed by atoms with Crippen LogP contribution in [0.1, 0.15) is 33.4 Å². The summed E-state index contributed by atoms with van der Waals surface area (Å²) >= 11 is 0. The number of fused-ring (bicyclic) bond motifs is 1. The maximum absolute atomic E-state index is 13.2. The van der Waals surface area contributed by atoms with E-state index in [-0.39, 0.29) is 17.9 Å². The van der Waals surface area contributed by atoms with Crippen molar-refractivity contribution in [3.63, 3.8) is 0 Å². The smallest absolute Gasteiger partial charge is 0.254 e. The van der Waals surface area contributed by atoms with Crippen molar-refractivity contribution >= 4 is 11.8 Å². The number of quaternary nitrogens is 1. The van der Waals surface area contributed by atoms with Gasteiger partial charge in [-0.25, -0.2) is 0 Å². The quantitative estimate of drug-likeness (QED) is 0.779. The highest BCUT2D eigenvalue weighted by atomic mass is 16.5. The molecule has 0 saturated carbocycles. The molecule has 0 fully saturated rings. The molecule has 148 valence electrons. The van der Waals surface area contributed by atoms with Gasteiger partial charge in [0.25, 0.3) is 5.91 Å². The molecular formula is C22H28N3O3+. The van der Waals surface area contributed by atoms with E-state index in [1.165, 1.54) is 4.90 Å². The third-order valence-electron chi connectivity index (χ3n) is 5.24. The summed E-state index contributed by atoms with van der Waals surface area (Å²) in [5, 5.41) is 3.06. The predicted octanol–water partition coefficient (Wildman–Crippen LogP) is 0.866. The molecule has 1 aliphatic rings. The van der Waals surface area contributed by atoms with Crippen LogP contribution in [0.4, 0.5) is 0 Å². The molecule has 0 radical (unpaired) electrons. The first-order valence-corrected chi connectivity index (χ1v) is 9.50. The van der Waals surface area contributed by atoms with Crippen LogP contribution in [-0.2, 0) is 4.79 Å². The molecule has 0 bridgehead atoms. The Bertz CT molecular complexity index is 848. The molecule has 1 aliphatic heterocycles. The van der Waals surface area contributed by atoms with E-state index >= 15 is 0 Å². The van der Waals surface area contributed by atoms with E-state index in [0.29, 0.717) is 12.1 Å². The van der Waals surface area contributed by atoms with Gasteiger partial charge in [-0.2, -0.15) is 0 Å². The summed E-state index contributed by atoms with van der Waals surface area (Å²) in [5.41, 5.74) is 2.28. The number of hydrogen-bond donors (Lipinski definition) is 2. The highest BCUT2D eigenvalue weighted by molar-refractivity contribution is 6.01. The Morgan fingerprint density at radius 1 is 1.14 bits per heavy atom. The first-order valence-electron chi connectivity index (χ1n) is 9.50. The van der Waals surface area contributed by atoms with E-state index in [2.05, 4.69) is 19.4 Å². The van der Waals surface area contributed by atoms with Crippen molar-refractivity contribution in [1.82, 2.24) is 10.2 Å². The predicted molar refractivity (Wildman–Crippen MR) is 108 cm³/mol. The summed E-state index contributed by atoms with van der Waals surface area (Å²) in [6, 6.07) is 14.6. The topological polar surface area (TPSA) is 63.1 Å². The number of carbonyl (C=O) groups excluding carboxylic acids is 2. The second kappa shape index (κ2) is 8.44. The summed E-state index contributed by atoms with van der Waals surface area (Å²) in [6.07, 6.45) is 0. The Labute approximate surface area is 166 Å². The van der Waals surface area contributed by atoms with E-state index in [0.717, 1.165) is 23.4 Å². The molecule has 6 nitrogen and oxygen atoms in total. The zero-order valence-corrected chi connectivity index (χ0v) is 16.9. The molecule has 2 N–H and O–H groups in total. The van der Waals surface area contributed by atoms with E-state index in [1.54, 1.807) is 25.1 Å². The molecule has 0 saturated heterocycles. The molecule has 0 spiro atoms. The second-order valence-electron chi connectivity index (χ2n) is 7.45. The van der Waals surface area contributed by atoms with Crippen LogP contribution in [0.25, 0.3) is 0 Å². The van der Waals surface area contributed by atoms with Crippen LogP contribution in [-0.4, -0.2) is 58.1 Å². The van der Waals surface area contributed by atoms with Crippen LogP contribution in [0.5, 0.6) is 5.75 Å². The Kier molecular flexibility index (Phi) is 5.99. The average Bonchev–Trinajstić information content (AvgIpc) is 2.70. The molecule has 2 aromatic carbocycles. The lowest BCUT2D eigenvalue weighted by Crippen LogP contribution is -3.06. The first-order chi connectivity index (χ1) is 13.4. The monoisotopic (exact) mass is 382 g/mol. The van der Waals surface area contributed by atoms with Crippen LogP contribution in [0, 0.1) is 0 Å². The van der Waals surface area contributed by atoms with E-state index < -0.39 is 5.92 Å². The highest BCUT2D eigenvalue weighted by Gasteiger charge is 2.42. The fourth-order valence-electron chi connectivity index (χ4n) is 3.72. The van der Waals surface area contributed by atoms with E-state index in [4.69, 9.17) is 4.74 Å². The number of nitrogens with zero attached hydrogens (tertiary/aromatic N) is 1. The Morgan fingerprint density at radius 3 is 2.46 bits per heavy atom. The molecule has 6 heteroatoms.